The molecule has 150 valence electrons. The Morgan fingerprint density at radius 1 is 0.500 bits per heavy atom. The zero-order valence-electron chi connectivity index (χ0n) is 17.1. The average molecular weight is 509 g/mol. The summed E-state index contributed by atoms with van der Waals surface area (Å²) in [6, 6.07) is 18.6. The SMILES string of the molecule is O=C1C(=O)c2cccnc2-c2ncccc21.[Br-].[K+].c1cnc2c(c1)ccc1cccnc12. The van der Waals surface area contributed by atoms with Crippen LogP contribution in [0, 0.1) is 0 Å². The molecule has 0 amide bonds. The van der Waals surface area contributed by atoms with Crippen LogP contribution < -0.4 is 68.4 Å². The van der Waals surface area contributed by atoms with Crippen LogP contribution in [0.25, 0.3) is 33.2 Å². The first-order valence-electron chi connectivity index (χ1n) is 9.32. The predicted molar refractivity (Wildman–Crippen MR) is 113 cm³/mol. The second-order valence-electron chi connectivity index (χ2n) is 6.67. The number of rotatable bonds is 0. The topological polar surface area (TPSA) is 85.7 Å². The molecule has 0 N–H and O–H groups in total. The minimum atomic E-state index is -0.511. The van der Waals surface area contributed by atoms with E-state index in [4.69, 9.17) is 0 Å². The van der Waals surface area contributed by atoms with Crippen molar-refractivity contribution in [2.75, 3.05) is 0 Å². The van der Waals surface area contributed by atoms with Gasteiger partial charge in [0, 0.05) is 35.6 Å². The van der Waals surface area contributed by atoms with Crippen LogP contribution in [0.3, 0.4) is 0 Å². The van der Waals surface area contributed by atoms with E-state index in [1.54, 1.807) is 49.1 Å². The van der Waals surface area contributed by atoms with E-state index in [1.807, 2.05) is 12.1 Å². The van der Waals surface area contributed by atoms with Gasteiger partial charge in [0.05, 0.1) is 22.2 Å². The van der Waals surface area contributed by atoms with Crippen LogP contribution in [0.2, 0.25) is 0 Å². The molecule has 1 aromatic carbocycles. The predicted octanol–water partition coefficient (Wildman–Crippen LogP) is -1.69. The quantitative estimate of drug-likeness (QED) is 0.141. The summed E-state index contributed by atoms with van der Waals surface area (Å²) in [5.74, 6) is -1.02. The molecule has 6 rings (SSSR count). The van der Waals surface area contributed by atoms with Crippen molar-refractivity contribution in [1.29, 1.82) is 0 Å². The van der Waals surface area contributed by atoms with Gasteiger partial charge in [-0.15, -0.1) is 0 Å². The number of carbonyl (C=O) groups excluding carboxylic acids is 2. The summed E-state index contributed by atoms with van der Waals surface area (Å²) in [5.41, 5.74) is 3.60. The average Bonchev–Trinajstić information content (AvgIpc) is 2.83. The van der Waals surface area contributed by atoms with Crippen LogP contribution in [-0.2, 0) is 0 Å². The van der Waals surface area contributed by atoms with Crippen LogP contribution in [0.5, 0.6) is 0 Å². The summed E-state index contributed by atoms with van der Waals surface area (Å²) in [4.78, 5) is 40.4. The third-order valence-corrected chi connectivity index (χ3v) is 4.88. The Morgan fingerprint density at radius 2 is 0.875 bits per heavy atom. The van der Waals surface area contributed by atoms with Crippen molar-refractivity contribution >= 4 is 33.4 Å². The maximum absolute atomic E-state index is 11.8. The number of carbonyl (C=O) groups is 2. The van der Waals surface area contributed by atoms with Gasteiger partial charge in [-0.25, -0.2) is 0 Å². The van der Waals surface area contributed by atoms with Crippen molar-refractivity contribution in [3.8, 4) is 11.4 Å². The molecule has 5 aromatic rings. The number of Topliss-reactive ketones (excluding diaryl/α,β-unsaturated/α-hetero) is 2. The first-order valence-corrected chi connectivity index (χ1v) is 9.32. The van der Waals surface area contributed by atoms with Crippen molar-refractivity contribution in [1.82, 2.24) is 19.9 Å². The summed E-state index contributed by atoms with van der Waals surface area (Å²) < 4.78 is 0. The van der Waals surface area contributed by atoms with E-state index in [0.717, 1.165) is 21.8 Å². The number of halogens is 1. The molecular weight excluding hydrogens is 495 g/mol. The molecule has 0 fully saturated rings. The third kappa shape index (κ3) is 4.47. The number of pyridine rings is 4. The van der Waals surface area contributed by atoms with Crippen molar-refractivity contribution < 1.29 is 78.0 Å². The van der Waals surface area contributed by atoms with E-state index < -0.39 is 11.6 Å². The Kier molecular flexibility index (Phi) is 8.10. The number of benzene rings is 1. The molecule has 4 heterocycles. The molecule has 1 aliphatic rings. The largest absolute Gasteiger partial charge is 1.00 e. The van der Waals surface area contributed by atoms with E-state index >= 15 is 0 Å². The molecule has 0 saturated heterocycles. The Hall–Kier alpha value is -2.20. The molecule has 0 atom stereocenters. The molecule has 0 saturated carbocycles. The third-order valence-electron chi connectivity index (χ3n) is 4.88. The molecule has 1 aliphatic carbocycles. The molecular formula is C24H14BrKN4O2. The molecule has 8 heteroatoms. The maximum atomic E-state index is 11.8. The van der Waals surface area contributed by atoms with Gasteiger partial charge in [-0.3, -0.25) is 29.5 Å². The van der Waals surface area contributed by atoms with Gasteiger partial charge in [0.2, 0.25) is 11.6 Å². The number of fused-ring (bicyclic) bond motifs is 6. The minimum Gasteiger partial charge on any atom is -1.00 e. The minimum absolute atomic E-state index is 0. The van der Waals surface area contributed by atoms with Gasteiger partial charge in [0.15, 0.2) is 0 Å². The second kappa shape index (κ2) is 10.6. The summed E-state index contributed by atoms with van der Waals surface area (Å²) in [6.45, 7) is 0. The fourth-order valence-corrected chi connectivity index (χ4v) is 3.48. The van der Waals surface area contributed by atoms with Gasteiger partial charge in [-0.2, -0.15) is 0 Å². The van der Waals surface area contributed by atoms with Crippen LogP contribution in [0.4, 0.5) is 0 Å². The van der Waals surface area contributed by atoms with Gasteiger partial charge >= 0.3 is 51.4 Å². The summed E-state index contributed by atoms with van der Waals surface area (Å²) in [7, 11) is 0. The van der Waals surface area contributed by atoms with Crippen molar-refractivity contribution in [3.05, 3.63) is 96.6 Å². The molecule has 0 radical (unpaired) electrons. The van der Waals surface area contributed by atoms with Crippen LogP contribution in [0.1, 0.15) is 20.7 Å². The summed E-state index contributed by atoms with van der Waals surface area (Å²) in [5, 5.41) is 2.28. The number of hydrogen-bond acceptors (Lipinski definition) is 6. The van der Waals surface area contributed by atoms with Gasteiger partial charge in [-0.1, -0.05) is 24.3 Å². The molecule has 0 unspecified atom stereocenters. The Morgan fingerprint density at radius 3 is 1.31 bits per heavy atom. The normalized spacial score (nSPS) is 11.4. The van der Waals surface area contributed by atoms with E-state index in [9.17, 15) is 9.59 Å². The molecule has 32 heavy (non-hydrogen) atoms. The van der Waals surface area contributed by atoms with E-state index in [0.29, 0.717) is 22.5 Å². The Balaban J connectivity index is 0.000000171. The summed E-state index contributed by atoms with van der Waals surface area (Å²) >= 11 is 0. The summed E-state index contributed by atoms with van der Waals surface area (Å²) in [6.07, 6.45) is 6.77. The Labute approximate surface area is 236 Å². The van der Waals surface area contributed by atoms with Crippen molar-refractivity contribution in [2.24, 2.45) is 0 Å². The van der Waals surface area contributed by atoms with Crippen LogP contribution in [-0.4, -0.2) is 31.5 Å². The molecule has 4 aromatic heterocycles. The zero-order chi connectivity index (χ0) is 20.5. The van der Waals surface area contributed by atoms with Gasteiger partial charge < -0.3 is 17.0 Å². The van der Waals surface area contributed by atoms with Gasteiger partial charge in [0.25, 0.3) is 0 Å². The van der Waals surface area contributed by atoms with Crippen molar-refractivity contribution in [2.45, 2.75) is 0 Å². The standard InChI is InChI=1S/C12H6N2O2.C12H8N2.BrH.K/c15-11-7-3-1-5-13-9(7)10-8(12(11)16)4-2-6-14-10;1-3-9-5-6-10-4-2-8-14-12(10)11(9)13-7-1;;/h1-6H;1-8H;1H;/q;;;+1/p-1. The van der Waals surface area contributed by atoms with Gasteiger partial charge in [-0.05, 0) is 36.4 Å². The first-order chi connectivity index (χ1) is 14.7. The maximum Gasteiger partial charge on any atom is 1.00 e. The van der Waals surface area contributed by atoms with E-state index in [1.165, 1.54) is 0 Å². The second-order valence-corrected chi connectivity index (χ2v) is 6.67. The van der Waals surface area contributed by atoms with Crippen molar-refractivity contribution in [3.63, 3.8) is 0 Å². The Bertz CT molecular complexity index is 1350. The molecule has 0 bridgehead atoms. The molecule has 6 nitrogen and oxygen atoms in total. The van der Waals surface area contributed by atoms with E-state index in [2.05, 4.69) is 44.2 Å². The number of ketones is 2. The van der Waals surface area contributed by atoms with Crippen LogP contribution >= 0.6 is 0 Å². The molecule has 0 spiro atoms. The fraction of sp³-hybridized carbons (Fsp3) is 0. The number of nitrogens with zero attached hydrogens (tertiary/aromatic N) is 4. The smallest absolute Gasteiger partial charge is 1.00 e. The van der Waals surface area contributed by atoms with Crippen LogP contribution in [0.15, 0.2) is 85.5 Å². The van der Waals surface area contributed by atoms with E-state index in [-0.39, 0.29) is 68.4 Å². The first kappa shape index (κ1) is 24.4. The molecule has 0 aliphatic heterocycles. The number of aromatic nitrogens is 4. The fourth-order valence-electron chi connectivity index (χ4n) is 3.48. The monoisotopic (exact) mass is 508 g/mol. The zero-order valence-corrected chi connectivity index (χ0v) is 21.8. The van der Waals surface area contributed by atoms with Gasteiger partial charge in [0.1, 0.15) is 11.4 Å². The number of hydrogen-bond donors (Lipinski definition) is 0.